The van der Waals surface area contributed by atoms with Crippen molar-refractivity contribution in [2.24, 2.45) is 0 Å². The average Bonchev–Trinajstić information content (AvgIpc) is 3.17. The number of anilines is 2. The molecule has 1 aromatic heterocycles. The maximum Gasteiger partial charge on any atom is 0.255 e. The molecule has 3 aromatic rings. The molecule has 2 heterocycles. The Morgan fingerprint density at radius 3 is 2.72 bits per heavy atom. The fourth-order valence-electron chi connectivity index (χ4n) is 3.57. The van der Waals surface area contributed by atoms with Crippen molar-refractivity contribution >= 4 is 17.5 Å². The van der Waals surface area contributed by atoms with Crippen molar-refractivity contribution in [1.29, 1.82) is 0 Å². The summed E-state index contributed by atoms with van der Waals surface area (Å²) in [6.07, 6.45) is 1.48. The van der Waals surface area contributed by atoms with Crippen LogP contribution in [0.3, 0.4) is 0 Å². The van der Waals surface area contributed by atoms with E-state index in [1.807, 2.05) is 69.3 Å². The quantitative estimate of drug-likeness (QED) is 0.691. The molecule has 4 rings (SSSR count). The molecule has 0 radical (unpaired) electrons. The van der Waals surface area contributed by atoms with E-state index >= 15 is 0 Å². The first-order valence-corrected chi connectivity index (χ1v) is 9.56. The van der Waals surface area contributed by atoms with Crippen molar-refractivity contribution in [2.75, 3.05) is 17.2 Å². The first-order valence-electron chi connectivity index (χ1n) is 9.56. The highest BCUT2D eigenvalue weighted by Gasteiger charge is 2.35. The highest BCUT2D eigenvalue weighted by molar-refractivity contribution is 6.06. The van der Waals surface area contributed by atoms with E-state index in [1.165, 1.54) is 6.33 Å². The summed E-state index contributed by atoms with van der Waals surface area (Å²) in [5.74, 6) is 1.12. The van der Waals surface area contributed by atoms with Gasteiger partial charge >= 0.3 is 0 Å². The number of allylic oxidation sites excluding steroid dienone is 1. The fraction of sp³-hybridized carbons (Fsp3) is 0.227. The lowest BCUT2D eigenvalue weighted by Crippen LogP contribution is -2.32. The van der Waals surface area contributed by atoms with Crippen molar-refractivity contribution in [3.8, 4) is 5.75 Å². The molecule has 1 aliphatic rings. The second-order valence-electron chi connectivity index (χ2n) is 6.83. The van der Waals surface area contributed by atoms with Crippen LogP contribution in [-0.2, 0) is 4.79 Å². The Balaban J connectivity index is 1.81. The van der Waals surface area contributed by atoms with Gasteiger partial charge in [0, 0.05) is 16.9 Å². The summed E-state index contributed by atoms with van der Waals surface area (Å²) >= 11 is 0. The molecule has 7 heteroatoms. The van der Waals surface area contributed by atoms with Gasteiger partial charge in [-0.15, -0.1) is 0 Å². The molecule has 0 fully saturated rings. The maximum absolute atomic E-state index is 13.4. The van der Waals surface area contributed by atoms with Crippen molar-refractivity contribution in [1.82, 2.24) is 14.8 Å². The predicted octanol–water partition coefficient (Wildman–Crippen LogP) is 3.91. The van der Waals surface area contributed by atoms with Gasteiger partial charge in [-0.05, 0) is 38.5 Å². The molecule has 1 amide bonds. The van der Waals surface area contributed by atoms with E-state index in [-0.39, 0.29) is 5.91 Å². The molecule has 0 aliphatic carbocycles. The summed E-state index contributed by atoms with van der Waals surface area (Å²) < 4.78 is 7.57. The van der Waals surface area contributed by atoms with Crippen LogP contribution in [0.1, 0.15) is 31.0 Å². The minimum Gasteiger partial charge on any atom is -0.494 e. The standard InChI is InChI=1S/C22H23N5O2/c1-4-29-18-12-8-6-10-16(18)20-19(15(3)25-22-23-13-24-27(20)22)21(28)26-17-11-7-5-9-14(17)2/h5-13,20H,4H2,1-3H3,(H,26,28)(H,23,24,25)/t20-/m1/s1. The van der Waals surface area contributed by atoms with Crippen LogP contribution in [0.5, 0.6) is 5.75 Å². The Labute approximate surface area is 169 Å². The Morgan fingerprint density at radius 1 is 1.17 bits per heavy atom. The van der Waals surface area contributed by atoms with Crippen LogP contribution in [0, 0.1) is 6.92 Å². The minimum absolute atomic E-state index is 0.193. The SMILES string of the molecule is CCOc1ccccc1[C@@H]1C(C(=O)Nc2ccccc2C)=C(C)Nc2ncnn21. The van der Waals surface area contributed by atoms with E-state index in [0.717, 1.165) is 28.3 Å². The summed E-state index contributed by atoms with van der Waals surface area (Å²) in [7, 11) is 0. The van der Waals surface area contributed by atoms with Crippen LogP contribution in [0.15, 0.2) is 66.1 Å². The molecule has 0 bridgehead atoms. The first-order chi connectivity index (χ1) is 14.1. The molecular weight excluding hydrogens is 366 g/mol. The van der Waals surface area contributed by atoms with E-state index < -0.39 is 6.04 Å². The van der Waals surface area contributed by atoms with E-state index in [2.05, 4.69) is 20.7 Å². The minimum atomic E-state index is -0.458. The van der Waals surface area contributed by atoms with E-state index in [4.69, 9.17) is 4.74 Å². The number of nitrogens with one attached hydrogen (secondary N) is 2. The van der Waals surface area contributed by atoms with Gasteiger partial charge in [0.05, 0.1) is 12.2 Å². The lowest BCUT2D eigenvalue weighted by molar-refractivity contribution is -0.113. The van der Waals surface area contributed by atoms with Crippen molar-refractivity contribution in [3.63, 3.8) is 0 Å². The van der Waals surface area contributed by atoms with Gasteiger partial charge in [0.2, 0.25) is 5.95 Å². The topological polar surface area (TPSA) is 81.1 Å². The number of hydrogen-bond acceptors (Lipinski definition) is 5. The molecule has 29 heavy (non-hydrogen) atoms. The molecule has 0 spiro atoms. The number of carbonyl (C=O) groups excluding carboxylic acids is 1. The molecule has 2 aromatic carbocycles. The van der Waals surface area contributed by atoms with Crippen LogP contribution in [-0.4, -0.2) is 27.3 Å². The number of aryl methyl sites for hydroxylation is 1. The number of amides is 1. The molecule has 7 nitrogen and oxygen atoms in total. The van der Waals surface area contributed by atoms with Gasteiger partial charge < -0.3 is 15.4 Å². The smallest absolute Gasteiger partial charge is 0.255 e. The number of carbonyl (C=O) groups is 1. The number of para-hydroxylation sites is 2. The number of hydrogen-bond donors (Lipinski definition) is 2. The van der Waals surface area contributed by atoms with E-state index in [9.17, 15) is 4.79 Å². The summed E-state index contributed by atoms with van der Waals surface area (Å²) in [5, 5.41) is 10.6. The third kappa shape index (κ3) is 3.47. The van der Waals surface area contributed by atoms with Gasteiger partial charge in [0.15, 0.2) is 0 Å². The molecule has 0 unspecified atom stereocenters. The van der Waals surface area contributed by atoms with Gasteiger partial charge in [-0.2, -0.15) is 10.1 Å². The number of nitrogens with zero attached hydrogens (tertiary/aromatic N) is 3. The lowest BCUT2D eigenvalue weighted by atomic mass is 9.94. The number of benzene rings is 2. The Kier molecular flexibility index (Phi) is 5.03. The monoisotopic (exact) mass is 389 g/mol. The molecule has 1 atom stereocenters. The van der Waals surface area contributed by atoms with Gasteiger partial charge in [-0.1, -0.05) is 36.4 Å². The molecular formula is C22H23N5O2. The summed E-state index contributed by atoms with van der Waals surface area (Å²) in [5.41, 5.74) is 3.93. The van der Waals surface area contributed by atoms with Gasteiger partial charge in [0.1, 0.15) is 18.1 Å². The number of rotatable bonds is 5. The Hall–Kier alpha value is -3.61. The molecule has 2 N–H and O–H groups in total. The van der Waals surface area contributed by atoms with Gasteiger partial charge in [-0.3, -0.25) is 4.79 Å². The van der Waals surface area contributed by atoms with Crippen molar-refractivity contribution in [2.45, 2.75) is 26.8 Å². The van der Waals surface area contributed by atoms with Crippen LogP contribution in [0.2, 0.25) is 0 Å². The average molecular weight is 389 g/mol. The second kappa shape index (κ2) is 7.79. The van der Waals surface area contributed by atoms with Crippen LogP contribution in [0.25, 0.3) is 0 Å². The highest BCUT2D eigenvalue weighted by Crippen LogP contribution is 2.39. The zero-order valence-corrected chi connectivity index (χ0v) is 16.6. The molecule has 0 saturated heterocycles. The highest BCUT2D eigenvalue weighted by atomic mass is 16.5. The van der Waals surface area contributed by atoms with Gasteiger partial charge in [0.25, 0.3) is 5.91 Å². The van der Waals surface area contributed by atoms with E-state index in [1.54, 1.807) is 4.68 Å². The van der Waals surface area contributed by atoms with Crippen molar-refractivity contribution in [3.05, 3.63) is 77.3 Å². The summed E-state index contributed by atoms with van der Waals surface area (Å²) in [4.78, 5) is 17.7. The maximum atomic E-state index is 13.4. The zero-order chi connectivity index (χ0) is 20.4. The van der Waals surface area contributed by atoms with E-state index in [0.29, 0.717) is 18.1 Å². The zero-order valence-electron chi connectivity index (χ0n) is 16.6. The Morgan fingerprint density at radius 2 is 1.93 bits per heavy atom. The fourth-order valence-corrected chi connectivity index (χ4v) is 3.57. The third-order valence-electron chi connectivity index (χ3n) is 4.95. The van der Waals surface area contributed by atoms with Crippen LogP contribution in [0.4, 0.5) is 11.6 Å². The lowest BCUT2D eigenvalue weighted by Gasteiger charge is -2.29. The first kappa shape index (κ1) is 18.7. The van der Waals surface area contributed by atoms with Crippen molar-refractivity contribution < 1.29 is 9.53 Å². The summed E-state index contributed by atoms with van der Waals surface area (Å²) in [6, 6.07) is 15.0. The second-order valence-corrected chi connectivity index (χ2v) is 6.83. The van der Waals surface area contributed by atoms with Crippen LogP contribution < -0.4 is 15.4 Å². The molecule has 0 saturated carbocycles. The molecule has 148 valence electrons. The normalized spacial score (nSPS) is 15.5. The molecule has 1 aliphatic heterocycles. The number of aromatic nitrogens is 3. The van der Waals surface area contributed by atoms with Crippen LogP contribution >= 0.6 is 0 Å². The largest absolute Gasteiger partial charge is 0.494 e. The number of fused-ring (bicyclic) bond motifs is 1. The third-order valence-corrected chi connectivity index (χ3v) is 4.95. The van der Waals surface area contributed by atoms with Gasteiger partial charge in [-0.25, -0.2) is 4.68 Å². The Bertz CT molecular complexity index is 1090. The predicted molar refractivity (Wildman–Crippen MR) is 112 cm³/mol. The number of ether oxygens (including phenoxy) is 1. The summed E-state index contributed by atoms with van der Waals surface area (Å²) in [6.45, 7) is 6.31.